The van der Waals surface area contributed by atoms with E-state index in [2.05, 4.69) is 15.3 Å². The molecule has 2 atom stereocenters. The van der Waals surface area contributed by atoms with Crippen LogP contribution in [0.5, 0.6) is 0 Å². The van der Waals surface area contributed by atoms with Gasteiger partial charge in [-0.25, -0.2) is 23.1 Å². The number of halogens is 3. The molecule has 8 nitrogen and oxygen atoms in total. The first-order chi connectivity index (χ1) is 20.1. The van der Waals surface area contributed by atoms with Gasteiger partial charge in [0.15, 0.2) is 11.7 Å². The molecule has 1 aliphatic rings. The highest BCUT2D eigenvalue weighted by Crippen LogP contribution is 2.32. The van der Waals surface area contributed by atoms with Crippen molar-refractivity contribution in [3.05, 3.63) is 99.6 Å². The number of hydrogen-bond acceptors (Lipinski definition) is 6. The lowest BCUT2D eigenvalue weighted by Crippen LogP contribution is -2.35. The van der Waals surface area contributed by atoms with Crippen LogP contribution in [0.2, 0.25) is 0 Å². The number of rotatable bonds is 5. The van der Waals surface area contributed by atoms with Crippen LogP contribution in [0.4, 0.5) is 18.9 Å². The number of fused-ring (bicyclic) bond motifs is 1. The van der Waals surface area contributed by atoms with Gasteiger partial charge in [-0.15, -0.1) is 0 Å². The number of pyridine rings is 1. The van der Waals surface area contributed by atoms with E-state index in [4.69, 9.17) is 0 Å². The van der Waals surface area contributed by atoms with Gasteiger partial charge in [-0.3, -0.25) is 9.59 Å². The smallest absolute Gasteiger partial charge is 0.282 e. The molecule has 1 aliphatic heterocycles. The molecule has 2 aromatic heterocycles. The second-order valence-electron chi connectivity index (χ2n) is 9.57. The lowest BCUT2D eigenvalue weighted by molar-refractivity contribution is -0.130. The number of anilines is 1. The van der Waals surface area contributed by atoms with E-state index in [1.165, 1.54) is 59.2 Å². The van der Waals surface area contributed by atoms with Crippen LogP contribution in [0, 0.1) is 23.0 Å². The topological polar surface area (TPSA) is 104 Å². The second-order valence-corrected chi connectivity index (χ2v) is 9.57. The maximum absolute atomic E-state index is 14.7. The Morgan fingerprint density at radius 2 is 1.69 bits per heavy atom. The first-order valence-electron chi connectivity index (χ1n) is 13.3. The monoisotopic (exact) mass is 574 g/mol. The molecule has 0 aliphatic carbocycles. The maximum atomic E-state index is 14.7. The summed E-state index contributed by atoms with van der Waals surface area (Å²) in [5, 5.41) is 13.2. The van der Waals surface area contributed by atoms with E-state index in [0.29, 0.717) is 33.7 Å². The van der Waals surface area contributed by atoms with Crippen molar-refractivity contribution < 1.29 is 18.0 Å². The number of amides is 1. The van der Waals surface area contributed by atoms with Crippen molar-refractivity contribution in [2.24, 2.45) is 7.05 Å². The Morgan fingerprint density at radius 1 is 1.00 bits per heavy atom. The summed E-state index contributed by atoms with van der Waals surface area (Å²) in [5.74, 6) is -2.41. The molecular formula is C31H29F3N6O2. The number of likely N-dealkylation sites (N-methyl/N-ethyl adjacent to an activating group) is 1. The second kappa shape index (κ2) is 12.3. The third-order valence-corrected chi connectivity index (χ3v) is 7.07. The number of nitriles is 1. The summed E-state index contributed by atoms with van der Waals surface area (Å²) in [6.45, 7) is 5.74. The molecule has 1 amide bonds. The highest BCUT2D eigenvalue weighted by molar-refractivity contribution is 5.92. The average molecular weight is 575 g/mol. The summed E-state index contributed by atoms with van der Waals surface area (Å²) in [4.78, 5) is 35.4. The molecule has 0 bridgehead atoms. The minimum atomic E-state index is -0.819. The molecule has 0 spiro atoms. The summed E-state index contributed by atoms with van der Waals surface area (Å²) >= 11 is 0. The van der Waals surface area contributed by atoms with Crippen LogP contribution in [0.3, 0.4) is 0 Å². The van der Waals surface area contributed by atoms with Crippen molar-refractivity contribution in [1.29, 1.82) is 5.26 Å². The molecule has 5 rings (SSSR count). The molecule has 11 heteroatoms. The van der Waals surface area contributed by atoms with E-state index in [1.807, 2.05) is 19.9 Å². The Kier molecular flexibility index (Phi) is 8.76. The standard InChI is InChI=1S/C29H23F3N6O2.C2H6/c1-15(36-24-6-4-18(30)8-16(24)12-33)20-9-19(31)10-22-21(20)11-26(38(3)28(22)39)17-13-34-27(35-14-17)25-7-5-23(32)29(40)37(25)2;1-2/h4-6,8-11,13-15,25,36H,7H2,1-3H3;1-2H3/t15-,25?;/m1./s1. The highest BCUT2D eigenvalue weighted by atomic mass is 19.1. The zero-order valence-electron chi connectivity index (χ0n) is 23.7. The van der Waals surface area contributed by atoms with E-state index in [-0.39, 0.29) is 17.4 Å². The molecule has 0 saturated carbocycles. The van der Waals surface area contributed by atoms with Gasteiger partial charge < -0.3 is 14.8 Å². The molecule has 0 radical (unpaired) electrons. The highest BCUT2D eigenvalue weighted by Gasteiger charge is 2.30. The van der Waals surface area contributed by atoms with Crippen LogP contribution in [0.15, 0.2) is 65.5 Å². The Morgan fingerprint density at radius 3 is 2.36 bits per heavy atom. The number of carbonyl (C=O) groups is 1. The first kappa shape index (κ1) is 30.0. The SMILES string of the molecule is CC.C[C@@H](Nc1ccc(F)cc1C#N)c1cc(F)cc2c(=O)n(C)c(-c3cnc(C4CC=C(F)C(=O)N4C)nc3)cc12. The average Bonchev–Trinajstić information content (AvgIpc) is 2.99. The number of aromatic nitrogens is 3. The molecule has 0 saturated heterocycles. The Bertz CT molecular complexity index is 1790. The fourth-order valence-electron chi connectivity index (χ4n) is 4.87. The Hall–Kier alpha value is -4.98. The number of nitrogens with one attached hydrogen (secondary N) is 1. The van der Waals surface area contributed by atoms with Gasteiger partial charge in [0.2, 0.25) is 0 Å². The van der Waals surface area contributed by atoms with Crippen LogP contribution >= 0.6 is 0 Å². The van der Waals surface area contributed by atoms with Crippen LogP contribution < -0.4 is 10.9 Å². The fourth-order valence-corrected chi connectivity index (χ4v) is 4.87. The summed E-state index contributed by atoms with van der Waals surface area (Å²) < 4.78 is 43.3. The summed E-state index contributed by atoms with van der Waals surface area (Å²) in [6.07, 6.45) is 4.46. The van der Waals surface area contributed by atoms with Crippen LogP contribution in [-0.2, 0) is 11.8 Å². The van der Waals surface area contributed by atoms with Crippen LogP contribution in [0.1, 0.15) is 56.2 Å². The van der Waals surface area contributed by atoms with Gasteiger partial charge >= 0.3 is 0 Å². The predicted molar refractivity (Wildman–Crippen MR) is 154 cm³/mol. The molecule has 3 heterocycles. The lowest BCUT2D eigenvalue weighted by atomic mass is 9.98. The number of benzene rings is 2. The Labute approximate surface area is 240 Å². The molecule has 4 aromatic rings. The van der Waals surface area contributed by atoms with Gasteiger partial charge in [0.25, 0.3) is 11.5 Å². The zero-order valence-corrected chi connectivity index (χ0v) is 23.7. The lowest BCUT2D eigenvalue weighted by Gasteiger charge is -2.28. The van der Waals surface area contributed by atoms with Gasteiger partial charge in [-0.2, -0.15) is 5.26 Å². The van der Waals surface area contributed by atoms with Crippen molar-refractivity contribution >= 4 is 22.4 Å². The molecule has 1 unspecified atom stereocenters. The van der Waals surface area contributed by atoms with Gasteiger partial charge in [0.1, 0.15) is 17.7 Å². The minimum Gasteiger partial charge on any atom is -0.377 e. The van der Waals surface area contributed by atoms with Crippen molar-refractivity contribution in [1.82, 2.24) is 19.4 Å². The van der Waals surface area contributed by atoms with Crippen molar-refractivity contribution in [2.75, 3.05) is 12.4 Å². The number of hydrogen-bond donors (Lipinski definition) is 1. The maximum Gasteiger partial charge on any atom is 0.282 e. The van der Waals surface area contributed by atoms with E-state index in [9.17, 15) is 28.0 Å². The number of nitrogens with zero attached hydrogens (tertiary/aromatic N) is 5. The third-order valence-electron chi connectivity index (χ3n) is 7.07. The first-order valence-corrected chi connectivity index (χ1v) is 13.3. The van der Waals surface area contributed by atoms with Crippen LogP contribution in [-0.4, -0.2) is 32.4 Å². The normalized spacial score (nSPS) is 15.4. The molecule has 42 heavy (non-hydrogen) atoms. The predicted octanol–water partition coefficient (Wildman–Crippen LogP) is 6.10. The molecule has 2 aromatic carbocycles. The van der Waals surface area contributed by atoms with Crippen molar-refractivity contribution in [2.45, 2.75) is 39.3 Å². The summed E-state index contributed by atoms with van der Waals surface area (Å²) in [6, 6.07) is 8.78. The van der Waals surface area contributed by atoms with Crippen LogP contribution in [0.25, 0.3) is 22.0 Å². The van der Waals surface area contributed by atoms with E-state index in [0.717, 1.165) is 6.07 Å². The van der Waals surface area contributed by atoms with Crippen molar-refractivity contribution in [3.63, 3.8) is 0 Å². The third kappa shape index (κ3) is 5.61. The molecule has 1 N–H and O–H groups in total. The van der Waals surface area contributed by atoms with Gasteiger partial charge in [0.05, 0.1) is 28.4 Å². The quantitative estimate of drug-likeness (QED) is 0.309. The van der Waals surface area contributed by atoms with Crippen molar-refractivity contribution in [3.8, 4) is 17.3 Å². The van der Waals surface area contributed by atoms with Gasteiger partial charge in [0, 0.05) is 38.1 Å². The minimum absolute atomic E-state index is 0.0879. The molecule has 216 valence electrons. The largest absolute Gasteiger partial charge is 0.377 e. The molecular weight excluding hydrogens is 545 g/mol. The summed E-state index contributed by atoms with van der Waals surface area (Å²) in [7, 11) is 3.03. The zero-order chi connectivity index (χ0) is 30.7. The van der Waals surface area contributed by atoms with E-state index >= 15 is 0 Å². The fraction of sp³-hybridized carbons (Fsp3) is 0.258. The number of carbonyl (C=O) groups excluding carboxylic acids is 1. The van der Waals surface area contributed by atoms with E-state index in [1.54, 1.807) is 20.0 Å². The van der Waals surface area contributed by atoms with Gasteiger partial charge in [-0.05, 0) is 66.8 Å². The van der Waals surface area contributed by atoms with Gasteiger partial charge in [-0.1, -0.05) is 13.8 Å². The van der Waals surface area contributed by atoms with E-state index < -0.39 is 41.0 Å². The molecule has 0 fully saturated rings. The Balaban J connectivity index is 0.00000198. The summed E-state index contributed by atoms with van der Waals surface area (Å²) in [5.41, 5.74) is 1.42.